The van der Waals surface area contributed by atoms with Crippen LogP contribution in [-0.2, 0) is 4.79 Å². The molecule has 6 heteroatoms. The van der Waals surface area contributed by atoms with Crippen LogP contribution in [-0.4, -0.2) is 23.0 Å². The lowest BCUT2D eigenvalue weighted by Crippen LogP contribution is -2.33. The number of rotatable bonds is 7. The predicted octanol–water partition coefficient (Wildman–Crippen LogP) is 3.95. The van der Waals surface area contributed by atoms with Crippen molar-refractivity contribution in [3.05, 3.63) is 32.4 Å². The highest BCUT2D eigenvalue weighted by Gasteiger charge is 2.15. The Balaban J connectivity index is 2.47. The third kappa shape index (κ3) is 6.22. The van der Waals surface area contributed by atoms with Gasteiger partial charge in [0.05, 0.1) is 11.5 Å². The number of nitrogens with one attached hydrogen (secondary N) is 1. The van der Waals surface area contributed by atoms with Gasteiger partial charge in [-0.1, -0.05) is 24.9 Å². The summed E-state index contributed by atoms with van der Waals surface area (Å²) in [6, 6.07) is 5.19. The maximum atomic E-state index is 12.2. The third-order valence-corrected chi connectivity index (χ3v) is 4.42. The number of benzene rings is 1. The zero-order chi connectivity index (χ0) is 16.0. The van der Waals surface area contributed by atoms with Crippen LogP contribution in [0.25, 0.3) is 0 Å². The van der Waals surface area contributed by atoms with Crippen molar-refractivity contribution in [3.63, 3.8) is 0 Å². The molecule has 1 aromatic carbocycles. The second kappa shape index (κ2) is 8.58. The number of hydrogen-bond acceptors (Lipinski definition) is 2. The Morgan fingerprint density at radius 1 is 1.33 bits per heavy atom. The molecule has 0 aliphatic rings. The van der Waals surface area contributed by atoms with Gasteiger partial charge in [0, 0.05) is 14.6 Å². The zero-order valence-electron chi connectivity index (χ0n) is 12.0. The van der Waals surface area contributed by atoms with Crippen molar-refractivity contribution in [1.82, 2.24) is 5.32 Å². The fraction of sp³-hybridized carbons (Fsp3) is 0.467. The first-order valence-corrected chi connectivity index (χ1v) is 8.25. The molecule has 1 rings (SSSR count). The Morgan fingerprint density at radius 3 is 2.62 bits per heavy atom. The van der Waals surface area contributed by atoms with Gasteiger partial charge in [0.2, 0.25) is 0 Å². The van der Waals surface area contributed by atoms with Crippen LogP contribution < -0.4 is 5.32 Å². The Labute approximate surface area is 143 Å². The molecule has 2 unspecified atom stereocenters. The molecule has 0 saturated heterocycles. The lowest BCUT2D eigenvalue weighted by molar-refractivity contribution is -0.141. The van der Waals surface area contributed by atoms with Crippen LogP contribution >= 0.6 is 34.2 Å². The van der Waals surface area contributed by atoms with Gasteiger partial charge in [-0.3, -0.25) is 9.59 Å². The molecule has 0 fully saturated rings. The van der Waals surface area contributed by atoms with E-state index in [4.69, 9.17) is 16.7 Å². The summed E-state index contributed by atoms with van der Waals surface area (Å²) in [7, 11) is 0. The Bertz CT molecular complexity index is 522. The van der Waals surface area contributed by atoms with Gasteiger partial charge in [-0.25, -0.2) is 0 Å². The van der Waals surface area contributed by atoms with E-state index in [1.807, 2.05) is 6.92 Å². The van der Waals surface area contributed by atoms with Crippen molar-refractivity contribution in [2.45, 2.75) is 39.2 Å². The van der Waals surface area contributed by atoms with Gasteiger partial charge < -0.3 is 10.4 Å². The molecular weight excluding hydrogens is 405 g/mol. The van der Waals surface area contributed by atoms with E-state index in [2.05, 4.69) is 27.9 Å². The minimum atomic E-state index is -0.778. The van der Waals surface area contributed by atoms with E-state index in [0.717, 1.165) is 16.4 Å². The number of carboxylic acid groups (broad SMARTS) is 1. The van der Waals surface area contributed by atoms with Crippen LogP contribution in [0.2, 0.25) is 5.02 Å². The molecule has 1 aromatic rings. The monoisotopic (exact) mass is 423 g/mol. The summed E-state index contributed by atoms with van der Waals surface area (Å²) in [5, 5.41) is 12.3. The van der Waals surface area contributed by atoms with Crippen LogP contribution in [0.5, 0.6) is 0 Å². The molecule has 0 saturated carbocycles. The molecule has 0 aliphatic heterocycles. The molecule has 2 N–H and O–H groups in total. The first-order valence-electron chi connectivity index (χ1n) is 6.80. The van der Waals surface area contributed by atoms with Crippen LogP contribution in [0.3, 0.4) is 0 Å². The number of carbonyl (C=O) groups is 2. The standard InChI is InChI=1S/C15H19ClINO3/c1-9(15(20)21)4-3-5-10(2)18-14(19)12-8-11(16)6-7-13(12)17/h6-10H,3-5H2,1-2H3,(H,18,19)(H,20,21). The van der Waals surface area contributed by atoms with Crippen molar-refractivity contribution in [2.24, 2.45) is 5.92 Å². The number of amides is 1. The molecule has 0 heterocycles. The molecule has 0 bridgehead atoms. The predicted molar refractivity (Wildman–Crippen MR) is 91.7 cm³/mol. The highest BCUT2D eigenvalue weighted by atomic mass is 127. The van der Waals surface area contributed by atoms with Gasteiger partial charge in [0.25, 0.3) is 5.91 Å². The summed E-state index contributed by atoms with van der Waals surface area (Å²) in [4.78, 5) is 22.9. The minimum Gasteiger partial charge on any atom is -0.481 e. The van der Waals surface area contributed by atoms with E-state index >= 15 is 0 Å². The maximum Gasteiger partial charge on any atom is 0.306 e. The largest absolute Gasteiger partial charge is 0.481 e. The topological polar surface area (TPSA) is 66.4 Å². The van der Waals surface area contributed by atoms with E-state index in [1.165, 1.54) is 0 Å². The molecule has 0 radical (unpaired) electrons. The highest BCUT2D eigenvalue weighted by Crippen LogP contribution is 2.18. The van der Waals surface area contributed by atoms with Crippen LogP contribution in [0.15, 0.2) is 18.2 Å². The van der Waals surface area contributed by atoms with Gasteiger partial charge in [-0.15, -0.1) is 0 Å². The number of carbonyl (C=O) groups excluding carboxylic acids is 1. The van der Waals surface area contributed by atoms with E-state index in [9.17, 15) is 9.59 Å². The van der Waals surface area contributed by atoms with Gasteiger partial charge in [0.15, 0.2) is 0 Å². The number of aliphatic carboxylic acids is 1. The van der Waals surface area contributed by atoms with Crippen molar-refractivity contribution in [3.8, 4) is 0 Å². The SMILES string of the molecule is CC(CCCC(C)C(=O)O)NC(=O)c1cc(Cl)ccc1I. The van der Waals surface area contributed by atoms with Crippen molar-refractivity contribution >= 4 is 46.1 Å². The molecule has 21 heavy (non-hydrogen) atoms. The van der Waals surface area contributed by atoms with Crippen LogP contribution in [0.4, 0.5) is 0 Å². The summed E-state index contributed by atoms with van der Waals surface area (Å²) in [6.45, 7) is 3.61. The fourth-order valence-corrected chi connectivity index (χ4v) is 2.65. The number of halogens is 2. The average molecular weight is 424 g/mol. The van der Waals surface area contributed by atoms with E-state index in [1.54, 1.807) is 25.1 Å². The maximum absolute atomic E-state index is 12.2. The van der Waals surface area contributed by atoms with Crippen molar-refractivity contribution < 1.29 is 14.7 Å². The minimum absolute atomic E-state index is 0.00623. The Kier molecular flexibility index (Phi) is 7.45. The smallest absolute Gasteiger partial charge is 0.306 e. The summed E-state index contributed by atoms with van der Waals surface area (Å²) in [6.07, 6.45) is 2.13. The average Bonchev–Trinajstić information content (AvgIpc) is 2.41. The molecule has 1 amide bonds. The molecule has 0 aromatic heterocycles. The normalized spacial score (nSPS) is 13.5. The summed E-state index contributed by atoms with van der Waals surface area (Å²) >= 11 is 8.01. The number of carboxylic acids is 1. The van der Waals surface area contributed by atoms with Gasteiger partial charge >= 0.3 is 5.97 Å². The van der Waals surface area contributed by atoms with Gasteiger partial charge in [0.1, 0.15) is 0 Å². The Hall–Kier alpha value is -0.820. The lowest BCUT2D eigenvalue weighted by atomic mass is 10.0. The summed E-state index contributed by atoms with van der Waals surface area (Å²) < 4.78 is 0.848. The van der Waals surface area contributed by atoms with Gasteiger partial charge in [-0.05, 0) is 60.6 Å². The second-order valence-corrected chi connectivity index (χ2v) is 6.77. The molecule has 4 nitrogen and oxygen atoms in total. The second-order valence-electron chi connectivity index (χ2n) is 5.17. The van der Waals surface area contributed by atoms with E-state index in [0.29, 0.717) is 17.0 Å². The first kappa shape index (κ1) is 18.2. The fourth-order valence-electron chi connectivity index (χ4n) is 1.90. The Morgan fingerprint density at radius 2 is 2.00 bits per heavy atom. The molecule has 0 spiro atoms. The first-order chi connectivity index (χ1) is 9.81. The quantitative estimate of drug-likeness (QED) is 0.653. The summed E-state index contributed by atoms with van der Waals surface area (Å²) in [5.74, 6) is -1.28. The van der Waals surface area contributed by atoms with Crippen molar-refractivity contribution in [1.29, 1.82) is 0 Å². The van der Waals surface area contributed by atoms with Gasteiger partial charge in [-0.2, -0.15) is 0 Å². The number of hydrogen-bond donors (Lipinski definition) is 2. The third-order valence-electron chi connectivity index (χ3n) is 3.25. The van der Waals surface area contributed by atoms with E-state index in [-0.39, 0.29) is 17.9 Å². The van der Waals surface area contributed by atoms with Crippen LogP contribution in [0, 0.1) is 9.49 Å². The lowest BCUT2D eigenvalue weighted by Gasteiger charge is -2.15. The molecule has 116 valence electrons. The zero-order valence-corrected chi connectivity index (χ0v) is 14.9. The molecule has 2 atom stereocenters. The van der Waals surface area contributed by atoms with Crippen LogP contribution in [0.1, 0.15) is 43.5 Å². The summed E-state index contributed by atoms with van der Waals surface area (Å²) in [5.41, 5.74) is 0.564. The highest BCUT2D eigenvalue weighted by molar-refractivity contribution is 14.1. The van der Waals surface area contributed by atoms with Crippen molar-refractivity contribution in [2.75, 3.05) is 0 Å². The van der Waals surface area contributed by atoms with E-state index < -0.39 is 5.97 Å². The molecule has 0 aliphatic carbocycles. The molecular formula is C15H19ClINO3.